The summed E-state index contributed by atoms with van der Waals surface area (Å²) in [5, 5.41) is 9.58. The largest absolute Gasteiger partial charge is 0.367 e. The molecule has 0 bridgehead atoms. The lowest BCUT2D eigenvalue weighted by atomic mass is 9.92. The predicted octanol–water partition coefficient (Wildman–Crippen LogP) is 5.29. The maximum Gasteiger partial charge on any atom is 0.240 e. The lowest BCUT2D eigenvalue weighted by Gasteiger charge is -2.30. The standard InChI is InChI=1S/C26H29ClN6O2S/c1-17(2)24-30-25(23-16-28-33(26(23)31-24)21-6-4-3-5-7-21)29-19-10-12-20(13-11-19)32-36(34,35)22-14-8-18(27)9-15-22/h3-9,14-17,19-20,32H,10-13H2,1-2H3,(H,29,30,31). The van der Waals surface area contributed by atoms with E-state index < -0.39 is 10.0 Å². The Kier molecular flexibility index (Phi) is 6.96. The van der Waals surface area contributed by atoms with E-state index in [1.165, 1.54) is 12.1 Å². The van der Waals surface area contributed by atoms with Crippen LogP contribution in [0.5, 0.6) is 0 Å². The van der Waals surface area contributed by atoms with E-state index >= 15 is 0 Å². The van der Waals surface area contributed by atoms with Gasteiger partial charge in [0.05, 0.1) is 22.2 Å². The van der Waals surface area contributed by atoms with Crippen LogP contribution in [0, 0.1) is 0 Å². The lowest BCUT2D eigenvalue weighted by Crippen LogP contribution is -2.40. The second-order valence-corrected chi connectivity index (χ2v) is 11.6. The molecule has 1 aliphatic carbocycles. The van der Waals surface area contributed by atoms with Gasteiger partial charge in [0.1, 0.15) is 11.6 Å². The van der Waals surface area contributed by atoms with Crippen molar-refractivity contribution in [2.24, 2.45) is 0 Å². The quantitative estimate of drug-likeness (QED) is 0.340. The van der Waals surface area contributed by atoms with Crippen molar-refractivity contribution < 1.29 is 8.42 Å². The number of para-hydroxylation sites is 1. The molecule has 0 atom stereocenters. The van der Waals surface area contributed by atoms with Crippen LogP contribution in [0.1, 0.15) is 51.3 Å². The number of sulfonamides is 1. The van der Waals surface area contributed by atoms with E-state index in [0.29, 0.717) is 5.02 Å². The van der Waals surface area contributed by atoms with Crippen LogP contribution >= 0.6 is 11.6 Å². The van der Waals surface area contributed by atoms with Crippen LogP contribution in [0.25, 0.3) is 16.7 Å². The Balaban J connectivity index is 1.31. The van der Waals surface area contributed by atoms with Gasteiger partial charge in [-0.15, -0.1) is 0 Å². The fraction of sp³-hybridized carbons (Fsp3) is 0.346. The molecule has 0 unspecified atom stereocenters. The first-order chi connectivity index (χ1) is 17.3. The highest BCUT2D eigenvalue weighted by atomic mass is 35.5. The minimum Gasteiger partial charge on any atom is -0.367 e. The van der Waals surface area contributed by atoms with E-state index in [1.807, 2.05) is 35.0 Å². The Morgan fingerprint density at radius 1 is 0.944 bits per heavy atom. The molecule has 0 saturated heterocycles. The van der Waals surface area contributed by atoms with E-state index in [9.17, 15) is 8.42 Å². The van der Waals surface area contributed by atoms with Crippen molar-refractivity contribution in [3.63, 3.8) is 0 Å². The van der Waals surface area contributed by atoms with Gasteiger partial charge in [-0.3, -0.25) is 0 Å². The van der Waals surface area contributed by atoms with Crippen molar-refractivity contribution in [3.05, 3.63) is 71.6 Å². The van der Waals surface area contributed by atoms with E-state index in [4.69, 9.17) is 21.6 Å². The predicted molar refractivity (Wildman–Crippen MR) is 142 cm³/mol. The Morgan fingerprint density at radius 2 is 1.61 bits per heavy atom. The summed E-state index contributed by atoms with van der Waals surface area (Å²) in [7, 11) is -3.58. The van der Waals surface area contributed by atoms with Gasteiger partial charge in [-0.25, -0.2) is 27.8 Å². The van der Waals surface area contributed by atoms with Gasteiger partial charge in [0, 0.05) is 23.0 Å². The molecule has 5 rings (SSSR count). The number of nitrogens with zero attached hydrogens (tertiary/aromatic N) is 4. The number of rotatable bonds is 7. The summed E-state index contributed by atoms with van der Waals surface area (Å²) >= 11 is 5.90. The molecule has 2 aromatic carbocycles. The van der Waals surface area contributed by atoms with Crippen LogP contribution in [0.4, 0.5) is 5.82 Å². The molecule has 188 valence electrons. The van der Waals surface area contributed by atoms with Gasteiger partial charge in [-0.05, 0) is 62.1 Å². The van der Waals surface area contributed by atoms with Crippen molar-refractivity contribution in [2.45, 2.75) is 62.4 Å². The van der Waals surface area contributed by atoms with Crippen LogP contribution in [0.2, 0.25) is 5.02 Å². The number of benzene rings is 2. The first kappa shape index (κ1) is 24.7. The van der Waals surface area contributed by atoms with Crippen molar-refractivity contribution in [2.75, 3.05) is 5.32 Å². The number of fused-ring (bicyclic) bond motifs is 1. The molecular weight excluding hydrogens is 496 g/mol. The maximum absolute atomic E-state index is 12.8. The molecule has 0 spiro atoms. The van der Waals surface area contributed by atoms with Crippen LogP contribution < -0.4 is 10.0 Å². The highest BCUT2D eigenvalue weighted by Crippen LogP contribution is 2.29. The summed E-state index contributed by atoms with van der Waals surface area (Å²) < 4.78 is 30.2. The summed E-state index contributed by atoms with van der Waals surface area (Å²) in [5.74, 6) is 1.69. The average Bonchev–Trinajstić information content (AvgIpc) is 3.30. The van der Waals surface area contributed by atoms with Crippen LogP contribution in [0.3, 0.4) is 0 Å². The number of aromatic nitrogens is 4. The molecule has 1 fully saturated rings. The molecule has 1 aliphatic rings. The summed E-state index contributed by atoms with van der Waals surface area (Å²) in [6.07, 6.45) is 4.92. The second kappa shape index (κ2) is 10.2. The summed E-state index contributed by atoms with van der Waals surface area (Å²) in [5.41, 5.74) is 1.71. The third-order valence-electron chi connectivity index (χ3n) is 6.48. The van der Waals surface area contributed by atoms with Gasteiger partial charge in [0.2, 0.25) is 10.0 Å². The summed E-state index contributed by atoms with van der Waals surface area (Å²) in [6, 6.07) is 16.2. The molecule has 2 N–H and O–H groups in total. The van der Waals surface area contributed by atoms with Crippen molar-refractivity contribution in [1.82, 2.24) is 24.5 Å². The molecule has 0 aliphatic heterocycles. The normalized spacial score (nSPS) is 18.6. The minimum atomic E-state index is -3.58. The molecule has 10 heteroatoms. The topological polar surface area (TPSA) is 102 Å². The fourth-order valence-electron chi connectivity index (χ4n) is 4.50. The monoisotopic (exact) mass is 524 g/mol. The summed E-state index contributed by atoms with van der Waals surface area (Å²) in [6.45, 7) is 4.15. The van der Waals surface area contributed by atoms with Gasteiger partial charge in [-0.1, -0.05) is 43.6 Å². The van der Waals surface area contributed by atoms with E-state index in [-0.39, 0.29) is 22.9 Å². The zero-order valence-corrected chi connectivity index (χ0v) is 21.8. The number of hydrogen-bond acceptors (Lipinski definition) is 6. The molecule has 4 aromatic rings. The molecule has 0 radical (unpaired) electrons. The van der Waals surface area contributed by atoms with Gasteiger partial charge in [-0.2, -0.15) is 5.10 Å². The Bertz CT molecular complexity index is 1450. The Morgan fingerprint density at radius 3 is 2.28 bits per heavy atom. The fourth-order valence-corrected chi connectivity index (χ4v) is 5.93. The smallest absolute Gasteiger partial charge is 0.240 e. The third kappa shape index (κ3) is 5.23. The maximum atomic E-state index is 12.8. The van der Waals surface area contributed by atoms with Gasteiger partial charge in [0.25, 0.3) is 0 Å². The van der Waals surface area contributed by atoms with E-state index in [1.54, 1.807) is 18.3 Å². The number of nitrogens with one attached hydrogen (secondary N) is 2. The Labute approximate surface area is 216 Å². The lowest BCUT2D eigenvalue weighted by molar-refractivity contribution is 0.387. The molecule has 1 saturated carbocycles. The first-order valence-corrected chi connectivity index (χ1v) is 14.0. The van der Waals surface area contributed by atoms with Crippen molar-refractivity contribution in [3.8, 4) is 5.69 Å². The zero-order chi connectivity index (χ0) is 25.3. The number of hydrogen-bond donors (Lipinski definition) is 2. The zero-order valence-electron chi connectivity index (χ0n) is 20.2. The average molecular weight is 525 g/mol. The van der Waals surface area contributed by atoms with Gasteiger partial charge >= 0.3 is 0 Å². The molecule has 2 heterocycles. The highest BCUT2D eigenvalue weighted by molar-refractivity contribution is 7.89. The van der Waals surface area contributed by atoms with E-state index in [0.717, 1.165) is 54.0 Å². The number of halogens is 1. The SMILES string of the molecule is CC(C)c1nc(NC2CCC(NS(=O)(=O)c3ccc(Cl)cc3)CC2)c2cnn(-c3ccccc3)c2n1. The molecule has 0 amide bonds. The van der Waals surface area contributed by atoms with E-state index in [2.05, 4.69) is 29.0 Å². The first-order valence-electron chi connectivity index (χ1n) is 12.2. The van der Waals surface area contributed by atoms with Crippen molar-refractivity contribution >= 4 is 38.5 Å². The summed E-state index contributed by atoms with van der Waals surface area (Å²) in [4.78, 5) is 9.87. The van der Waals surface area contributed by atoms with Gasteiger partial charge in [0.15, 0.2) is 5.65 Å². The minimum absolute atomic E-state index is 0.110. The molecule has 36 heavy (non-hydrogen) atoms. The van der Waals surface area contributed by atoms with Crippen LogP contribution in [-0.4, -0.2) is 40.2 Å². The third-order valence-corrected chi connectivity index (χ3v) is 8.27. The molecule has 8 nitrogen and oxygen atoms in total. The molecule has 2 aromatic heterocycles. The molecular formula is C26H29ClN6O2S. The Hall–Kier alpha value is -3.01. The highest BCUT2D eigenvalue weighted by Gasteiger charge is 2.27. The number of anilines is 1. The second-order valence-electron chi connectivity index (χ2n) is 9.48. The van der Waals surface area contributed by atoms with Crippen LogP contribution in [-0.2, 0) is 10.0 Å². The van der Waals surface area contributed by atoms with Crippen molar-refractivity contribution in [1.29, 1.82) is 0 Å². The van der Waals surface area contributed by atoms with Crippen LogP contribution in [0.15, 0.2) is 65.7 Å². The van der Waals surface area contributed by atoms with Gasteiger partial charge < -0.3 is 5.32 Å².